The Morgan fingerprint density at radius 3 is 1.97 bits per heavy atom. The summed E-state index contributed by atoms with van der Waals surface area (Å²) < 4.78 is 55.6. The van der Waals surface area contributed by atoms with Gasteiger partial charge in [-0.15, -0.1) is 6.42 Å². The molecule has 3 aromatic carbocycles. The van der Waals surface area contributed by atoms with Crippen LogP contribution in [-0.2, 0) is 13.2 Å². The number of ether oxygens (including phenoxy) is 3. The molecule has 7 heteroatoms. The molecule has 4 nitrogen and oxygen atoms in total. The van der Waals surface area contributed by atoms with Crippen LogP contribution in [0.25, 0.3) is 11.1 Å². The van der Waals surface area contributed by atoms with Crippen LogP contribution >= 0.6 is 0 Å². The van der Waals surface area contributed by atoms with E-state index in [1.54, 1.807) is 18.2 Å². The van der Waals surface area contributed by atoms with Crippen molar-refractivity contribution in [3.8, 4) is 41.0 Å². The molecule has 4 rings (SSSR count). The van der Waals surface area contributed by atoms with Gasteiger partial charge in [-0.2, -0.15) is 18.2 Å². The highest BCUT2D eigenvalue weighted by Crippen LogP contribution is 2.38. The molecule has 0 N–H and O–H groups in total. The molecule has 36 heavy (non-hydrogen) atoms. The van der Waals surface area contributed by atoms with Gasteiger partial charge in [0.1, 0.15) is 19.0 Å². The molecule has 0 saturated carbocycles. The highest BCUT2D eigenvalue weighted by molar-refractivity contribution is 5.76. The molecule has 0 radical (unpaired) electrons. The summed E-state index contributed by atoms with van der Waals surface area (Å²) in [5.41, 5.74) is 3.08. The van der Waals surface area contributed by atoms with Gasteiger partial charge in [-0.05, 0) is 35.4 Å². The van der Waals surface area contributed by atoms with E-state index < -0.39 is 12.8 Å². The lowest BCUT2D eigenvalue weighted by atomic mass is 10.0. The maximum atomic E-state index is 12.9. The molecule has 0 aliphatic heterocycles. The summed E-state index contributed by atoms with van der Waals surface area (Å²) in [6.07, 6.45) is 1.05. The van der Waals surface area contributed by atoms with Crippen LogP contribution < -0.4 is 14.2 Å². The van der Waals surface area contributed by atoms with Gasteiger partial charge in [-0.25, -0.2) is 0 Å². The maximum Gasteiger partial charge on any atom is 0.422 e. The molecule has 4 aromatic rings. The fourth-order valence-corrected chi connectivity index (χ4v) is 3.39. The number of rotatable bonds is 9. The van der Waals surface area contributed by atoms with E-state index in [1.807, 2.05) is 60.7 Å². The fraction of sp³-hybridized carbons (Fsp3) is 0.138. The zero-order chi connectivity index (χ0) is 25.4. The number of nitrogens with zero attached hydrogens (tertiary/aromatic N) is 1. The predicted molar refractivity (Wildman–Crippen MR) is 131 cm³/mol. The lowest BCUT2D eigenvalue weighted by molar-refractivity contribution is -0.153. The summed E-state index contributed by atoms with van der Waals surface area (Å²) >= 11 is 0. The minimum Gasteiger partial charge on any atom is -0.483 e. The van der Waals surface area contributed by atoms with Gasteiger partial charge >= 0.3 is 6.18 Å². The third-order valence-electron chi connectivity index (χ3n) is 5.11. The molecule has 0 saturated heterocycles. The molecule has 0 aliphatic rings. The summed E-state index contributed by atoms with van der Waals surface area (Å²) in [5, 5.41) is 0. The van der Waals surface area contributed by atoms with E-state index in [4.69, 9.17) is 20.6 Å². The summed E-state index contributed by atoms with van der Waals surface area (Å²) in [4.78, 5) is 4.51. The van der Waals surface area contributed by atoms with Gasteiger partial charge in [0.05, 0.1) is 0 Å². The molecule has 1 heterocycles. The molecular formula is C29H22F3NO3. The van der Waals surface area contributed by atoms with Crippen molar-refractivity contribution in [1.29, 1.82) is 0 Å². The average Bonchev–Trinajstić information content (AvgIpc) is 2.90. The van der Waals surface area contributed by atoms with Gasteiger partial charge in [0.15, 0.2) is 6.61 Å². The number of halogens is 3. The van der Waals surface area contributed by atoms with Crippen molar-refractivity contribution in [2.75, 3.05) is 6.61 Å². The standard InChI is InChI=1S/C29H22F3NO3/c1-2-21-13-15-26(36-20-29(30,31)32)25(17-21)24-14-16-27(34-18-22-9-5-3-6-10-22)33-28(24)35-19-23-11-7-4-8-12-23/h1,3-17H,18-20H2. The SMILES string of the molecule is C#Cc1ccc(OCC(F)(F)F)c(-c2ccc(OCc3ccccc3)nc2OCc2ccccc2)c1. The van der Waals surface area contributed by atoms with Crippen LogP contribution in [0.5, 0.6) is 17.5 Å². The average molecular weight is 489 g/mol. The molecule has 0 spiro atoms. The van der Waals surface area contributed by atoms with Gasteiger partial charge in [-0.3, -0.25) is 0 Å². The van der Waals surface area contributed by atoms with Gasteiger partial charge in [0.25, 0.3) is 0 Å². The number of benzene rings is 3. The van der Waals surface area contributed by atoms with E-state index in [2.05, 4.69) is 10.9 Å². The number of terminal acetylenes is 1. The van der Waals surface area contributed by atoms with E-state index in [0.29, 0.717) is 22.6 Å². The Labute approximate surface area is 207 Å². The fourth-order valence-electron chi connectivity index (χ4n) is 3.39. The molecule has 0 atom stereocenters. The van der Waals surface area contributed by atoms with Crippen molar-refractivity contribution >= 4 is 0 Å². The largest absolute Gasteiger partial charge is 0.483 e. The first-order chi connectivity index (χ1) is 17.4. The van der Waals surface area contributed by atoms with Crippen LogP contribution in [0.3, 0.4) is 0 Å². The van der Waals surface area contributed by atoms with Crippen molar-refractivity contribution in [3.63, 3.8) is 0 Å². The number of pyridine rings is 1. The molecule has 0 unspecified atom stereocenters. The van der Waals surface area contributed by atoms with Crippen LogP contribution in [0.15, 0.2) is 91.0 Å². The Kier molecular flexibility index (Phi) is 7.76. The van der Waals surface area contributed by atoms with E-state index in [0.717, 1.165) is 11.1 Å². The van der Waals surface area contributed by atoms with Crippen molar-refractivity contribution in [2.45, 2.75) is 19.4 Å². The van der Waals surface area contributed by atoms with Crippen molar-refractivity contribution < 1.29 is 27.4 Å². The van der Waals surface area contributed by atoms with E-state index in [-0.39, 0.29) is 24.8 Å². The van der Waals surface area contributed by atoms with Crippen LogP contribution in [0.4, 0.5) is 13.2 Å². The second-order valence-corrected chi connectivity index (χ2v) is 7.81. The number of alkyl halides is 3. The first kappa shape index (κ1) is 24.7. The monoisotopic (exact) mass is 489 g/mol. The summed E-state index contributed by atoms with van der Waals surface area (Å²) in [6.45, 7) is -0.963. The zero-order valence-corrected chi connectivity index (χ0v) is 19.2. The highest BCUT2D eigenvalue weighted by Gasteiger charge is 2.29. The summed E-state index contributed by atoms with van der Waals surface area (Å²) in [7, 11) is 0. The molecule has 0 aliphatic carbocycles. The lowest BCUT2D eigenvalue weighted by Gasteiger charge is -2.17. The molecular weight excluding hydrogens is 467 g/mol. The Morgan fingerprint density at radius 1 is 0.722 bits per heavy atom. The zero-order valence-electron chi connectivity index (χ0n) is 19.2. The molecule has 0 amide bonds. The summed E-state index contributed by atoms with van der Waals surface area (Å²) in [5.74, 6) is 2.99. The third kappa shape index (κ3) is 6.80. The van der Waals surface area contributed by atoms with Crippen LogP contribution in [0, 0.1) is 12.3 Å². The first-order valence-electron chi connectivity index (χ1n) is 11.1. The van der Waals surface area contributed by atoms with E-state index in [9.17, 15) is 13.2 Å². The molecule has 0 bridgehead atoms. The number of hydrogen-bond donors (Lipinski definition) is 0. The second kappa shape index (κ2) is 11.3. The Bertz CT molecular complexity index is 1330. The number of aromatic nitrogens is 1. The number of hydrogen-bond acceptors (Lipinski definition) is 4. The van der Waals surface area contributed by atoms with Crippen LogP contribution in [-0.4, -0.2) is 17.8 Å². The predicted octanol–water partition coefficient (Wildman–Crippen LogP) is 6.83. The first-order valence-corrected chi connectivity index (χ1v) is 11.1. The van der Waals surface area contributed by atoms with Crippen LogP contribution in [0.1, 0.15) is 16.7 Å². The van der Waals surface area contributed by atoms with Gasteiger partial charge in [-0.1, -0.05) is 66.6 Å². The van der Waals surface area contributed by atoms with Gasteiger partial charge in [0, 0.05) is 22.8 Å². The Hall–Kier alpha value is -4.44. The Morgan fingerprint density at radius 2 is 1.36 bits per heavy atom. The van der Waals surface area contributed by atoms with E-state index >= 15 is 0 Å². The van der Waals surface area contributed by atoms with Crippen LogP contribution in [0.2, 0.25) is 0 Å². The maximum absolute atomic E-state index is 12.9. The lowest BCUT2D eigenvalue weighted by Crippen LogP contribution is -2.19. The normalized spacial score (nSPS) is 10.9. The van der Waals surface area contributed by atoms with Crippen molar-refractivity contribution in [3.05, 3.63) is 108 Å². The second-order valence-electron chi connectivity index (χ2n) is 7.81. The molecule has 1 aromatic heterocycles. The minimum absolute atomic E-state index is 0.00985. The Balaban J connectivity index is 1.69. The molecule has 0 fully saturated rings. The van der Waals surface area contributed by atoms with Gasteiger partial charge < -0.3 is 14.2 Å². The third-order valence-corrected chi connectivity index (χ3v) is 5.11. The highest BCUT2D eigenvalue weighted by atomic mass is 19.4. The van der Waals surface area contributed by atoms with Gasteiger partial charge in [0.2, 0.25) is 11.8 Å². The minimum atomic E-state index is -4.50. The summed E-state index contributed by atoms with van der Waals surface area (Å²) in [6, 6.07) is 26.8. The van der Waals surface area contributed by atoms with Crippen molar-refractivity contribution in [2.24, 2.45) is 0 Å². The quantitative estimate of drug-likeness (QED) is 0.242. The van der Waals surface area contributed by atoms with Crippen molar-refractivity contribution in [1.82, 2.24) is 4.98 Å². The smallest absolute Gasteiger partial charge is 0.422 e. The molecule has 182 valence electrons. The topological polar surface area (TPSA) is 40.6 Å². The van der Waals surface area contributed by atoms with E-state index in [1.165, 1.54) is 12.1 Å².